The number of hydrogen-bond donors (Lipinski definition) is 1. The van der Waals surface area contributed by atoms with Crippen molar-refractivity contribution < 1.29 is 23.0 Å². The zero-order chi connectivity index (χ0) is 17.4. The molecule has 2 aliphatic heterocycles. The number of β-amino-alcohol motifs (C(OH)–C–C–N with tert-alkyl or cyclic N) is 1. The molecule has 25 heavy (non-hydrogen) atoms. The number of ether oxygens (including phenoxy) is 2. The third kappa shape index (κ3) is 2.97. The Morgan fingerprint density at radius 1 is 1.20 bits per heavy atom. The third-order valence-corrected chi connectivity index (χ3v) is 6.49. The quantitative estimate of drug-likeness (QED) is 0.887. The number of benzene rings is 1. The molecule has 0 aliphatic carbocycles. The van der Waals surface area contributed by atoms with Crippen LogP contribution in [-0.4, -0.2) is 48.8 Å². The average Bonchev–Trinajstić information content (AvgIpc) is 3.10. The highest BCUT2D eigenvalue weighted by atomic mass is 32.2. The minimum absolute atomic E-state index is 0.0519. The van der Waals surface area contributed by atoms with E-state index in [0.717, 1.165) is 5.56 Å². The molecule has 7 nitrogen and oxygen atoms in total. The monoisotopic (exact) mass is 362 g/mol. The number of aromatic nitrogens is 1. The third-order valence-electron chi connectivity index (χ3n) is 4.64. The highest BCUT2D eigenvalue weighted by Gasteiger charge is 2.36. The Hall–Kier alpha value is -2.16. The average molecular weight is 362 g/mol. The Labute approximate surface area is 145 Å². The molecule has 8 heteroatoms. The van der Waals surface area contributed by atoms with Crippen molar-refractivity contribution in [3.63, 3.8) is 0 Å². The highest BCUT2D eigenvalue weighted by Crippen LogP contribution is 2.38. The lowest BCUT2D eigenvalue weighted by Gasteiger charge is -2.35. The molecule has 1 aromatic heterocycles. The lowest BCUT2D eigenvalue weighted by Crippen LogP contribution is -2.45. The van der Waals surface area contributed by atoms with Gasteiger partial charge in [0, 0.05) is 31.4 Å². The summed E-state index contributed by atoms with van der Waals surface area (Å²) in [7, 11) is -3.64. The fourth-order valence-corrected chi connectivity index (χ4v) is 4.74. The SMILES string of the molecule is O=S(=O)(c1cccnc1)N1CC[C@@H](c2ccc3c(c2)OCO3)[C@H](O)C1. The van der Waals surface area contributed by atoms with E-state index in [9.17, 15) is 13.5 Å². The predicted molar refractivity (Wildman–Crippen MR) is 88.9 cm³/mol. The molecular formula is C17H18N2O5S. The summed E-state index contributed by atoms with van der Waals surface area (Å²) in [6.45, 7) is 0.590. The molecule has 1 aromatic carbocycles. The van der Waals surface area contributed by atoms with Crippen molar-refractivity contribution >= 4 is 10.0 Å². The van der Waals surface area contributed by atoms with Crippen LogP contribution in [0.2, 0.25) is 0 Å². The van der Waals surface area contributed by atoms with Crippen molar-refractivity contribution in [3.8, 4) is 11.5 Å². The number of nitrogens with zero attached hydrogens (tertiary/aromatic N) is 2. The van der Waals surface area contributed by atoms with Gasteiger partial charge in [0.25, 0.3) is 0 Å². The Balaban J connectivity index is 1.53. The largest absolute Gasteiger partial charge is 0.454 e. The maximum absolute atomic E-state index is 12.7. The van der Waals surface area contributed by atoms with Gasteiger partial charge < -0.3 is 14.6 Å². The summed E-state index contributed by atoms with van der Waals surface area (Å²) < 4.78 is 37.3. The molecule has 0 unspecified atom stereocenters. The van der Waals surface area contributed by atoms with Gasteiger partial charge in [0.05, 0.1) is 6.10 Å². The van der Waals surface area contributed by atoms with Crippen molar-refractivity contribution in [1.82, 2.24) is 9.29 Å². The predicted octanol–water partition coefficient (Wildman–Crippen LogP) is 1.35. The van der Waals surface area contributed by atoms with Crippen LogP contribution in [0.15, 0.2) is 47.6 Å². The number of hydrogen-bond acceptors (Lipinski definition) is 6. The molecule has 1 fully saturated rings. The van der Waals surface area contributed by atoms with Crippen molar-refractivity contribution in [2.45, 2.75) is 23.3 Å². The number of aliphatic hydroxyl groups is 1. The normalized spacial score (nSPS) is 23.6. The maximum atomic E-state index is 12.7. The first-order valence-corrected chi connectivity index (χ1v) is 9.47. The van der Waals surface area contributed by atoms with E-state index < -0.39 is 16.1 Å². The van der Waals surface area contributed by atoms with E-state index >= 15 is 0 Å². The van der Waals surface area contributed by atoms with E-state index in [4.69, 9.17) is 9.47 Å². The molecule has 0 bridgehead atoms. The Morgan fingerprint density at radius 2 is 2.04 bits per heavy atom. The maximum Gasteiger partial charge on any atom is 0.244 e. The molecule has 0 radical (unpaired) electrons. The van der Waals surface area contributed by atoms with Crippen LogP contribution in [0.25, 0.3) is 0 Å². The van der Waals surface area contributed by atoms with E-state index in [0.29, 0.717) is 24.5 Å². The van der Waals surface area contributed by atoms with Crippen LogP contribution in [0, 0.1) is 0 Å². The first kappa shape index (κ1) is 16.3. The fraction of sp³-hybridized carbons (Fsp3) is 0.353. The minimum atomic E-state index is -3.64. The number of rotatable bonds is 3. The van der Waals surface area contributed by atoms with E-state index in [1.807, 2.05) is 18.2 Å². The van der Waals surface area contributed by atoms with Crippen molar-refractivity contribution in [3.05, 3.63) is 48.3 Å². The first-order valence-electron chi connectivity index (χ1n) is 8.03. The van der Waals surface area contributed by atoms with Gasteiger partial charge in [-0.25, -0.2) is 8.42 Å². The highest BCUT2D eigenvalue weighted by molar-refractivity contribution is 7.89. The lowest BCUT2D eigenvalue weighted by atomic mass is 9.88. The summed E-state index contributed by atoms with van der Waals surface area (Å²) in [5, 5.41) is 10.6. The zero-order valence-electron chi connectivity index (χ0n) is 13.4. The van der Waals surface area contributed by atoms with E-state index in [-0.39, 0.29) is 24.2 Å². The van der Waals surface area contributed by atoms with Gasteiger partial charge in [0.15, 0.2) is 11.5 Å². The Bertz CT molecular complexity index is 872. The van der Waals surface area contributed by atoms with Crippen molar-refractivity contribution in [2.24, 2.45) is 0 Å². The van der Waals surface area contributed by atoms with Crippen LogP contribution in [-0.2, 0) is 10.0 Å². The van der Waals surface area contributed by atoms with Crippen LogP contribution in [0.5, 0.6) is 11.5 Å². The number of sulfonamides is 1. The number of aliphatic hydroxyl groups excluding tert-OH is 1. The van der Waals surface area contributed by atoms with Crippen LogP contribution in [0.4, 0.5) is 0 Å². The molecule has 1 saturated heterocycles. The molecular weight excluding hydrogens is 344 g/mol. The number of piperidine rings is 1. The van der Waals surface area contributed by atoms with Crippen LogP contribution >= 0.6 is 0 Å². The van der Waals surface area contributed by atoms with Gasteiger partial charge in [-0.2, -0.15) is 4.31 Å². The molecule has 0 amide bonds. The van der Waals surface area contributed by atoms with Crippen LogP contribution < -0.4 is 9.47 Å². The van der Waals surface area contributed by atoms with E-state index in [1.165, 1.54) is 22.8 Å². The molecule has 1 N–H and O–H groups in total. The first-order chi connectivity index (χ1) is 12.1. The summed E-state index contributed by atoms with van der Waals surface area (Å²) >= 11 is 0. The summed E-state index contributed by atoms with van der Waals surface area (Å²) in [6.07, 6.45) is 2.59. The van der Waals surface area contributed by atoms with Crippen molar-refractivity contribution in [2.75, 3.05) is 19.9 Å². The molecule has 2 atom stereocenters. The van der Waals surface area contributed by atoms with Gasteiger partial charge in [-0.05, 0) is 36.2 Å². The second-order valence-electron chi connectivity index (χ2n) is 6.13. The summed E-state index contributed by atoms with van der Waals surface area (Å²) in [6, 6.07) is 8.68. The van der Waals surface area contributed by atoms with Gasteiger partial charge in [-0.3, -0.25) is 4.98 Å². The van der Waals surface area contributed by atoms with Crippen molar-refractivity contribution in [1.29, 1.82) is 0 Å². The summed E-state index contributed by atoms with van der Waals surface area (Å²) in [5.41, 5.74) is 0.926. The van der Waals surface area contributed by atoms with Crippen LogP contribution in [0.3, 0.4) is 0 Å². The van der Waals surface area contributed by atoms with Crippen LogP contribution in [0.1, 0.15) is 17.9 Å². The summed E-state index contributed by atoms with van der Waals surface area (Å²) in [5.74, 6) is 1.21. The van der Waals surface area contributed by atoms with Gasteiger partial charge in [-0.1, -0.05) is 6.07 Å². The molecule has 0 spiro atoms. The van der Waals surface area contributed by atoms with E-state index in [1.54, 1.807) is 6.07 Å². The zero-order valence-corrected chi connectivity index (χ0v) is 14.2. The second kappa shape index (κ2) is 6.29. The van der Waals surface area contributed by atoms with E-state index in [2.05, 4.69) is 4.98 Å². The van der Waals surface area contributed by atoms with Gasteiger partial charge >= 0.3 is 0 Å². The Kier molecular flexibility index (Phi) is 4.10. The molecule has 0 saturated carbocycles. The fourth-order valence-electron chi connectivity index (χ4n) is 3.30. The smallest absolute Gasteiger partial charge is 0.244 e. The minimum Gasteiger partial charge on any atom is -0.454 e. The second-order valence-corrected chi connectivity index (χ2v) is 8.06. The Morgan fingerprint density at radius 3 is 2.80 bits per heavy atom. The summed E-state index contributed by atoms with van der Waals surface area (Å²) in [4.78, 5) is 4.01. The molecule has 2 aromatic rings. The van der Waals surface area contributed by atoms with Gasteiger partial charge in [0.2, 0.25) is 16.8 Å². The molecule has 132 valence electrons. The molecule has 4 rings (SSSR count). The standard InChI is InChI=1S/C17H18N2O5S/c20-15-10-19(25(21,22)13-2-1-6-18-9-13)7-5-14(15)12-3-4-16-17(8-12)24-11-23-16/h1-4,6,8-9,14-15,20H,5,7,10-11H2/t14-,15+/m0/s1. The molecule has 3 heterocycles. The van der Waals surface area contributed by atoms with Gasteiger partial charge in [-0.15, -0.1) is 0 Å². The number of pyridine rings is 1. The number of fused-ring (bicyclic) bond motifs is 1. The lowest BCUT2D eigenvalue weighted by molar-refractivity contribution is 0.0853. The topological polar surface area (TPSA) is 89.0 Å². The van der Waals surface area contributed by atoms with Gasteiger partial charge in [0.1, 0.15) is 4.90 Å². The molecule has 2 aliphatic rings.